The molecule has 4 rings (SSSR count). The number of likely N-dealkylation sites (N-methyl/N-ethyl adjacent to an activating group) is 1. The van der Waals surface area contributed by atoms with Gasteiger partial charge in [0.1, 0.15) is 0 Å². The summed E-state index contributed by atoms with van der Waals surface area (Å²) in [6, 6.07) is 26.4. The van der Waals surface area contributed by atoms with Crippen molar-refractivity contribution >= 4 is 21.8 Å². The van der Waals surface area contributed by atoms with Crippen molar-refractivity contribution in [1.82, 2.24) is 14.7 Å². The van der Waals surface area contributed by atoms with Crippen LogP contribution in [0.4, 0.5) is 0 Å². The molecule has 0 fully saturated rings. The van der Waals surface area contributed by atoms with Crippen molar-refractivity contribution in [3.8, 4) is 11.3 Å². The van der Waals surface area contributed by atoms with Gasteiger partial charge in [-0.1, -0.05) is 72.8 Å². The Morgan fingerprint density at radius 1 is 0.972 bits per heavy atom. The number of carbonyl (C=O) groups excluding carboxylic acids is 1. The predicted molar refractivity (Wildman–Crippen MR) is 143 cm³/mol. The fourth-order valence-electron chi connectivity index (χ4n) is 3.92. The fourth-order valence-corrected chi connectivity index (χ4v) is 4.55. The lowest BCUT2D eigenvalue weighted by atomic mass is 10.1. The van der Waals surface area contributed by atoms with Gasteiger partial charge < -0.3 is 4.90 Å². The number of benzene rings is 3. The average molecular weight is 500 g/mol. The van der Waals surface area contributed by atoms with Crippen LogP contribution in [0.15, 0.2) is 102 Å². The first-order chi connectivity index (χ1) is 17.2. The molecule has 184 valence electrons. The molecule has 0 saturated carbocycles. The molecule has 0 aliphatic rings. The highest BCUT2D eigenvalue weighted by atomic mass is 32.2. The topological polar surface area (TPSA) is 72.3 Å². The normalized spacial score (nSPS) is 12.5. The predicted octanol–water partition coefficient (Wildman–Crippen LogP) is 5.23. The Balaban J connectivity index is 1.55. The SMILES string of the molecule is CC(c1ccc(S(C)(=O)=O)cc1)N(C)C(=O)/C=C/c1cn(Cc2ccccc2)nc1-c1ccccc1. The van der Waals surface area contributed by atoms with Gasteiger partial charge in [0.05, 0.1) is 23.2 Å². The molecule has 0 N–H and O–H groups in total. The Bertz CT molecular complexity index is 1460. The van der Waals surface area contributed by atoms with E-state index in [-0.39, 0.29) is 16.8 Å². The van der Waals surface area contributed by atoms with Crippen LogP contribution in [0, 0.1) is 0 Å². The molecule has 1 atom stereocenters. The van der Waals surface area contributed by atoms with Crippen LogP contribution in [-0.2, 0) is 21.2 Å². The van der Waals surface area contributed by atoms with E-state index in [1.165, 1.54) is 6.26 Å². The Hall–Kier alpha value is -3.97. The number of hydrogen-bond donors (Lipinski definition) is 0. The Labute approximate surface area is 212 Å². The largest absolute Gasteiger partial charge is 0.335 e. The summed E-state index contributed by atoms with van der Waals surface area (Å²) in [5, 5.41) is 4.80. The number of aromatic nitrogens is 2. The van der Waals surface area contributed by atoms with E-state index in [1.54, 1.807) is 48.4 Å². The van der Waals surface area contributed by atoms with Crippen LogP contribution in [-0.4, -0.2) is 42.3 Å². The summed E-state index contributed by atoms with van der Waals surface area (Å²) in [7, 11) is -1.53. The van der Waals surface area contributed by atoms with Crippen LogP contribution in [0.5, 0.6) is 0 Å². The van der Waals surface area contributed by atoms with Gasteiger partial charge >= 0.3 is 0 Å². The summed E-state index contributed by atoms with van der Waals surface area (Å²) in [4.78, 5) is 14.9. The van der Waals surface area contributed by atoms with Gasteiger partial charge in [-0.3, -0.25) is 9.48 Å². The maximum atomic E-state index is 13.0. The van der Waals surface area contributed by atoms with Crippen LogP contribution in [0.3, 0.4) is 0 Å². The minimum atomic E-state index is -3.27. The number of hydrogen-bond acceptors (Lipinski definition) is 4. The molecule has 0 bridgehead atoms. The number of nitrogens with zero attached hydrogens (tertiary/aromatic N) is 3. The van der Waals surface area contributed by atoms with Gasteiger partial charge in [-0.15, -0.1) is 0 Å². The van der Waals surface area contributed by atoms with Gasteiger partial charge in [0.2, 0.25) is 5.91 Å². The molecular formula is C29H29N3O3S. The van der Waals surface area contributed by atoms with E-state index in [4.69, 9.17) is 5.10 Å². The van der Waals surface area contributed by atoms with Crippen molar-refractivity contribution in [1.29, 1.82) is 0 Å². The minimum absolute atomic E-state index is 0.162. The second kappa shape index (κ2) is 10.7. The van der Waals surface area contributed by atoms with Gasteiger partial charge in [0, 0.05) is 36.7 Å². The molecule has 36 heavy (non-hydrogen) atoms. The van der Waals surface area contributed by atoms with Crippen LogP contribution in [0.2, 0.25) is 0 Å². The third-order valence-electron chi connectivity index (χ3n) is 6.15. The minimum Gasteiger partial charge on any atom is -0.335 e. The van der Waals surface area contributed by atoms with Crippen LogP contribution in [0.1, 0.15) is 29.7 Å². The summed E-state index contributed by atoms with van der Waals surface area (Å²) in [6.45, 7) is 2.54. The standard InChI is InChI=1S/C29H29N3O3S/c1-22(24-14-17-27(18-15-24)36(3,34)35)31(2)28(33)19-16-26-21-32(20-23-10-6-4-7-11-23)30-29(26)25-12-8-5-9-13-25/h4-19,21-22H,20H2,1-3H3/b19-16+. The molecule has 4 aromatic rings. The quantitative estimate of drug-likeness (QED) is 0.311. The van der Waals surface area contributed by atoms with Gasteiger partial charge in [0.15, 0.2) is 9.84 Å². The van der Waals surface area contributed by atoms with Crippen molar-refractivity contribution in [3.05, 3.63) is 114 Å². The summed E-state index contributed by atoms with van der Waals surface area (Å²) in [5.41, 5.74) is 4.63. The van der Waals surface area contributed by atoms with Crippen LogP contribution < -0.4 is 0 Å². The molecule has 1 aromatic heterocycles. The first kappa shape index (κ1) is 25.1. The molecule has 0 aliphatic heterocycles. The highest BCUT2D eigenvalue weighted by Gasteiger charge is 2.17. The average Bonchev–Trinajstić information content (AvgIpc) is 3.29. The highest BCUT2D eigenvalue weighted by molar-refractivity contribution is 7.90. The molecule has 7 heteroatoms. The number of rotatable bonds is 8. The zero-order valence-corrected chi connectivity index (χ0v) is 21.4. The first-order valence-electron chi connectivity index (χ1n) is 11.6. The molecule has 1 heterocycles. The summed E-state index contributed by atoms with van der Waals surface area (Å²) >= 11 is 0. The molecule has 6 nitrogen and oxygen atoms in total. The van der Waals surface area contributed by atoms with E-state index in [0.29, 0.717) is 6.54 Å². The van der Waals surface area contributed by atoms with Crippen molar-refractivity contribution < 1.29 is 13.2 Å². The van der Waals surface area contributed by atoms with Gasteiger partial charge in [-0.05, 0) is 36.3 Å². The molecule has 0 radical (unpaired) electrons. The van der Waals surface area contributed by atoms with Crippen molar-refractivity contribution in [2.24, 2.45) is 0 Å². The third-order valence-corrected chi connectivity index (χ3v) is 7.28. The summed E-state index contributed by atoms with van der Waals surface area (Å²) < 4.78 is 25.3. The number of sulfone groups is 1. The van der Waals surface area contributed by atoms with Crippen molar-refractivity contribution in [3.63, 3.8) is 0 Å². The van der Waals surface area contributed by atoms with E-state index in [0.717, 1.165) is 27.9 Å². The summed E-state index contributed by atoms with van der Waals surface area (Å²) in [6.07, 6.45) is 6.48. The molecule has 3 aromatic carbocycles. The Kier molecular flexibility index (Phi) is 7.50. The lowest BCUT2D eigenvalue weighted by Gasteiger charge is -2.24. The molecule has 0 aliphatic carbocycles. The Morgan fingerprint density at radius 2 is 1.58 bits per heavy atom. The van der Waals surface area contributed by atoms with E-state index >= 15 is 0 Å². The molecule has 1 unspecified atom stereocenters. The highest BCUT2D eigenvalue weighted by Crippen LogP contribution is 2.25. The van der Waals surface area contributed by atoms with Crippen LogP contribution in [0.25, 0.3) is 17.3 Å². The van der Waals surface area contributed by atoms with Gasteiger partial charge in [0.25, 0.3) is 0 Å². The smallest absolute Gasteiger partial charge is 0.246 e. The second-order valence-corrected chi connectivity index (χ2v) is 10.8. The first-order valence-corrected chi connectivity index (χ1v) is 13.5. The molecule has 0 saturated heterocycles. The number of amides is 1. The maximum absolute atomic E-state index is 13.0. The summed E-state index contributed by atoms with van der Waals surface area (Å²) in [5.74, 6) is -0.162. The molecule has 0 spiro atoms. The lowest BCUT2D eigenvalue weighted by molar-refractivity contribution is -0.126. The number of carbonyl (C=O) groups is 1. The third kappa shape index (κ3) is 5.98. The lowest BCUT2D eigenvalue weighted by Crippen LogP contribution is -2.28. The van der Waals surface area contributed by atoms with E-state index in [1.807, 2.05) is 66.3 Å². The zero-order valence-electron chi connectivity index (χ0n) is 20.6. The van der Waals surface area contributed by atoms with Crippen molar-refractivity contribution in [2.45, 2.75) is 24.4 Å². The maximum Gasteiger partial charge on any atom is 0.246 e. The van der Waals surface area contributed by atoms with E-state index in [9.17, 15) is 13.2 Å². The van der Waals surface area contributed by atoms with E-state index < -0.39 is 9.84 Å². The monoisotopic (exact) mass is 499 g/mol. The van der Waals surface area contributed by atoms with Gasteiger partial charge in [-0.25, -0.2) is 8.42 Å². The molecular weight excluding hydrogens is 470 g/mol. The van der Waals surface area contributed by atoms with Crippen molar-refractivity contribution in [2.75, 3.05) is 13.3 Å². The van der Waals surface area contributed by atoms with E-state index in [2.05, 4.69) is 12.1 Å². The zero-order chi connectivity index (χ0) is 25.7. The van der Waals surface area contributed by atoms with Crippen LogP contribution >= 0.6 is 0 Å². The Morgan fingerprint density at radius 3 is 2.19 bits per heavy atom. The fraction of sp³-hybridized carbons (Fsp3) is 0.172. The second-order valence-electron chi connectivity index (χ2n) is 8.78. The molecule has 1 amide bonds. The van der Waals surface area contributed by atoms with Gasteiger partial charge in [-0.2, -0.15) is 5.10 Å².